The monoisotopic (exact) mass is 297 g/mol. The van der Waals surface area contributed by atoms with Gasteiger partial charge in [0.2, 0.25) is 0 Å². The topological polar surface area (TPSA) is 43.1 Å². The number of rotatable bonds is 2. The van der Waals surface area contributed by atoms with Gasteiger partial charge in [-0.25, -0.2) is 4.39 Å². The number of hydrogen-bond donors (Lipinski definition) is 1. The molecule has 110 valence electrons. The molecule has 0 aliphatic carbocycles. The van der Waals surface area contributed by atoms with Crippen molar-refractivity contribution in [2.24, 2.45) is 0 Å². The smallest absolute Gasteiger partial charge is 0.399 e. The number of halogens is 4. The summed E-state index contributed by atoms with van der Waals surface area (Å²) in [4.78, 5) is 12.1. The molecule has 0 radical (unpaired) electrons. The first-order valence-corrected chi connectivity index (χ1v) is 5.97. The predicted octanol–water partition coefficient (Wildman–Crippen LogP) is 3.97. The molecule has 0 unspecified atom stereocenters. The van der Waals surface area contributed by atoms with Crippen LogP contribution < -0.4 is 5.73 Å². The minimum Gasteiger partial charge on any atom is -0.399 e. The minimum atomic E-state index is -4.79. The van der Waals surface area contributed by atoms with Gasteiger partial charge in [-0.2, -0.15) is 13.2 Å². The standard InChI is InChI=1S/C15H11F4NO/c1-8-6-9(3-5-13(8)20)14(21)10-2-4-11(12(16)7-10)15(17,18)19/h2-7H,20H2,1H3. The zero-order chi connectivity index (χ0) is 15.8. The van der Waals surface area contributed by atoms with E-state index in [0.29, 0.717) is 23.4 Å². The molecule has 2 N–H and O–H groups in total. The van der Waals surface area contributed by atoms with Crippen molar-refractivity contribution in [3.63, 3.8) is 0 Å². The van der Waals surface area contributed by atoms with Crippen LogP contribution in [0.4, 0.5) is 23.2 Å². The van der Waals surface area contributed by atoms with Gasteiger partial charge in [0.25, 0.3) is 0 Å². The Hall–Kier alpha value is -2.37. The lowest BCUT2D eigenvalue weighted by Gasteiger charge is -2.09. The molecule has 2 rings (SSSR count). The Morgan fingerprint density at radius 1 is 1.05 bits per heavy atom. The fourth-order valence-corrected chi connectivity index (χ4v) is 1.87. The number of aryl methyl sites for hydroxylation is 1. The van der Waals surface area contributed by atoms with Gasteiger partial charge in [0.1, 0.15) is 5.82 Å². The summed E-state index contributed by atoms with van der Waals surface area (Å²) in [5, 5.41) is 0. The van der Waals surface area contributed by atoms with Crippen molar-refractivity contribution in [3.8, 4) is 0 Å². The quantitative estimate of drug-likeness (QED) is 0.518. The Morgan fingerprint density at radius 2 is 1.62 bits per heavy atom. The Morgan fingerprint density at radius 3 is 2.14 bits per heavy atom. The zero-order valence-corrected chi connectivity index (χ0v) is 11.0. The maximum absolute atomic E-state index is 13.5. The van der Waals surface area contributed by atoms with E-state index in [1.165, 1.54) is 18.2 Å². The summed E-state index contributed by atoms with van der Waals surface area (Å²) < 4.78 is 50.9. The Kier molecular flexibility index (Phi) is 3.72. The molecule has 0 amide bonds. The second-order valence-corrected chi connectivity index (χ2v) is 4.59. The van der Waals surface area contributed by atoms with Crippen LogP contribution >= 0.6 is 0 Å². The van der Waals surface area contributed by atoms with Crippen LogP contribution in [0.2, 0.25) is 0 Å². The number of ketones is 1. The summed E-state index contributed by atoms with van der Waals surface area (Å²) >= 11 is 0. The first kappa shape index (κ1) is 15.0. The van der Waals surface area contributed by atoms with Crippen molar-refractivity contribution in [3.05, 3.63) is 64.5 Å². The molecule has 0 spiro atoms. The molecule has 2 aromatic rings. The SMILES string of the molecule is Cc1cc(C(=O)c2ccc(C(F)(F)F)c(F)c2)ccc1N. The van der Waals surface area contributed by atoms with Crippen LogP contribution in [0.15, 0.2) is 36.4 Å². The first-order valence-electron chi connectivity index (χ1n) is 5.97. The van der Waals surface area contributed by atoms with Crippen molar-refractivity contribution in [2.45, 2.75) is 13.1 Å². The summed E-state index contributed by atoms with van der Waals surface area (Å²) in [7, 11) is 0. The number of anilines is 1. The van der Waals surface area contributed by atoms with E-state index in [-0.39, 0.29) is 11.1 Å². The third-order valence-corrected chi connectivity index (χ3v) is 3.07. The van der Waals surface area contributed by atoms with Crippen molar-refractivity contribution in [1.82, 2.24) is 0 Å². The van der Waals surface area contributed by atoms with Crippen molar-refractivity contribution < 1.29 is 22.4 Å². The minimum absolute atomic E-state index is 0.148. The zero-order valence-electron chi connectivity index (χ0n) is 11.0. The fourth-order valence-electron chi connectivity index (χ4n) is 1.87. The summed E-state index contributed by atoms with van der Waals surface area (Å²) in [6.07, 6.45) is -4.79. The van der Waals surface area contributed by atoms with Gasteiger partial charge in [0.15, 0.2) is 5.78 Å². The molecule has 0 aliphatic rings. The number of nitrogen functional groups attached to an aromatic ring is 1. The third kappa shape index (κ3) is 3.04. The Balaban J connectivity index is 2.40. The lowest BCUT2D eigenvalue weighted by atomic mass is 9.99. The molecule has 0 atom stereocenters. The van der Waals surface area contributed by atoms with Gasteiger partial charge in [-0.15, -0.1) is 0 Å². The molecule has 2 nitrogen and oxygen atoms in total. The van der Waals surface area contributed by atoms with Crippen molar-refractivity contribution in [1.29, 1.82) is 0 Å². The molecular formula is C15H11F4NO. The lowest BCUT2D eigenvalue weighted by molar-refractivity contribution is -0.140. The van der Waals surface area contributed by atoms with E-state index in [4.69, 9.17) is 5.73 Å². The lowest BCUT2D eigenvalue weighted by Crippen LogP contribution is -2.10. The van der Waals surface area contributed by atoms with E-state index >= 15 is 0 Å². The van der Waals surface area contributed by atoms with Gasteiger partial charge in [-0.1, -0.05) is 6.07 Å². The number of hydrogen-bond acceptors (Lipinski definition) is 2. The van der Waals surface area contributed by atoms with E-state index in [0.717, 1.165) is 6.07 Å². The van der Waals surface area contributed by atoms with Gasteiger partial charge in [-0.3, -0.25) is 4.79 Å². The molecule has 6 heteroatoms. The molecule has 0 aliphatic heterocycles. The molecule has 0 bridgehead atoms. The average molecular weight is 297 g/mol. The second-order valence-electron chi connectivity index (χ2n) is 4.59. The van der Waals surface area contributed by atoms with Crippen LogP contribution in [0.1, 0.15) is 27.0 Å². The van der Waals surface area contributed by atoms with Crippen LogP contribution in [0.3, 0.4) is 0 Å². The van der Waals surface area contributed by atoms with Crippen LogP contribution in [-0.4, -0.2) is 5.78 Å². The van der Waals surface area contributed by atoms with Crippen molar-refractivity contribution >= 4 is 11.5 Å². The van der Waals surface area contributed by atoms with Crippen LogP contribution in [0.5, 0.6) is 0 Å². The van der Waals surface area contributed by atoms with Gasteiger partial charge in [0.05, 0.1) is 5.56 Å². The molecule has 0 saturated heterocycles. The van der Waals surface area contributed by atoms with Crippen LogP contribution in [0.25, 0.3) is 0 Å². The molecule has 0 fully saturated rings. The first-order chi connectivity index (χ1) is 9.70. The number of alkyl halides is 3. The highest BCUT2D eigenvalue weighted by Gasteiger charge is 2.34. The summed E-state index contributed by atoms with van der Waals surface area (Å²) in [6.45, 7) is 1.69. The second kappa shape index (κ2) is 5.20. The molecular weight excluding hydrogens is 286 g/mol. The van der Waals surface area contributed by atoms with E-state index < -0.39 is 23.3 Å². The van der Waals surface area contributed by atoms with Gasteiger partial charge in [0, 0.05) is 16.8 Å². The fraction of sp³-hybridized carbons (Fsp3) is 0.133. The average Bonchev–Trinajstić information content (AvgIpc) is 2.39. The van der Waals surface area contributed by atoms with E-state index in [1.54, 1.807) is 6.92 Å². The van der Waals surface area contributed by atoms with E-state index in [9.17, 15) is 22.4 Å². The number of carbonyl (C=O) groups is 1. The largest absolute Gasteiger partial charge is 0.419 e. The number of nitrogens with two attached hydrogens (primary N) is 1. The number of benzene rings is 2. The molecule has 2 aromatic carbocycles. The summed E-state index contributed by atoms with van der Waals surface area (Å²) in [5.41, 5.74) is 5.47. The highest BCUT2D eigenvalue weighted by Crippen LogP contribution is 2.32. The van der Waals surface area contributed by atoms with Gasteiger partial charge >= 0.3 is 6.18 Å². The molecule has 0 heterocycles. The summed E-state index contributed by atoms with van der Waals surface area (Å²) in [6, 6.07) is 6.58. The number of carbonyl (C=O) groups excluding carboxylic acids is 1. The Bertz CT molecular complexity index is 707. The van der Waals surface area contributed by atoms with E-state index in [2.05, 4.69) is 0 Å². The normalized spacial score (nSPS) is 11.5. The molecule has 0 saturated carbocycles. The predicted molar refractivity (Wildman–Crippen MR) is 70.4 cm³/mol. The highest BCUT2D eigenvalue weighted by atomic mass is 19.4. The highest BCUT2D eigenvalue weighted by molar-refractivity contribution is 6.09. The molecule has 0 aromatic heterocycles. The van der Waals surface area contributed by atoms with Gasteiger partial charge in [-0.05, 0) is 42.8 Å². The maximum Gasteiger partial charge on any atom is 0.419 e. The van der Waals surface area contributed by atoms with Gasteiger partial charge < -0.3 is 5.73 Å². The molecule has 21 heavy (non-hydrogen) atoms. The van der Waals surface area contributed by atoms with Crippen LogP contribution in [0, 0.1) is 12.7 Å². The van der Waals surface area contributed by atoms with Crippen LogP contribution in [-0.2, 0) is 6.18 Å². The van der Waals surface area contributed by atoms with E-state index in [1.807, 2.05) is 0 Å². The van der Waals surface area contributed by atoms with Crippen molar-refractivity contribution in [2.75, 3.05) is 5.73 Å². The third-order valence-electron chi connectivity index (χ3n) is 3.07. The Labute approximate surface area is 118 Å². The maximum atomic E-state index is 13.5. The summed E-state index contributed by atoms with van der Waals surface area (Å²) in [5.74, 6) is -2.04.